The first-order valence-corrected chi connectivity index (χ1v) is 9.33. The summed E-state index contributed by atoms with van der Waals surface area (Å²) in [5.74, 6) is 0.906. The Balaban J connectivity index is 1.26. The molecule has 2 fully saturated rings. The molecule has 2 aliphatic heterocycles. The highest BCUT2D eigenvalue weighted by Gasteiger charge is 2.23. The van der Waals surface area contributed by atoms with Crippen LogP contribution in [0.4, 0.5) is 10.5 Å². The maximum Gasteiger partial charge on any atom is 0.409 e. The van der Waals surface area contributed by atoms with Gasteiger partial charge < -0.3 is 24.3 Å². The maximum absolute atomic E-state index is 11.4. The van der Waals surface area contributed by atoms with Crippen LogP contribution in [0.2, 0.25) is 0 Å². The fourth-order valence-corrected chi connectivity index (χ4v) is 3.67. The normalized spacial score (nSPS) is 18.4. The second-order valence-electron chi connectivity index (χ2n) is 6.84. The SMILES string of the molecule is O=C1OCCN1CCNC1CCN(c2cccc(-c3ccco3)c2)CC1. The Hall–Kier alpha value is -2.47. The van der Waals surface area contributed by atoms with Crippen LogP contribution in [0.5, 0.6) is 0 Å². The molecule has 6 nitrogen and oxygen atoms in total. The number of benzene rings is 1. The van der Waals surface area contributed by atoms with Crippen molar-refractivity contribution in [2.45, 2.75) is 18.9 Å². The molecule has 2 saturated heterocycles. The third kappa shape index (κ3) is 3.85. The Kier molecular flexibility index (Phi) is 5.11. The van der Waals surface area contributed by atoms with Crippen molar-refractivity contribution in [1.29, 1.82) is 0 Å². The molecular formula is C20H25N3O3. The van der Waals surface area contributed by atoms with Crippen molar-refractivity contribution < 1.29 is 13.9 Å². The molecule has 138 valence electrons. The maximum atomic E-state index is 11.4. The molecule has 1 N–H and O–H groups in total. The Morgan fingerprint density at radius 3 is 2.73 bits per heavy atom. The minimum Gasteiger partial charge on any atom is -0.464 e. The molecule has 2 aliphatic rings. The van der Waals surface area contributed by atoms with Crippen LogP contribution in [0.3, 0.4) is 0 Å². The molecule has 6 heteroatoms. The summed E-state index contributed by atoms with van der Waals surface area (Å²) in [5, 5.41) is 3.58. The number of amides is 1. The van der Waals surface area contributed by atoms with E-state index in [0.29, 0.717) is 19.2 Å². The van der Waals surface area contributed by atoms with Gasteiger partial charge in [0.15, 0.2) is 0 Å². The first-order valence-electron chi connectivity index (χ1n) is 9.33. The van der Waals surface area contributed by atoms with Crippen molar-refractivity contribution in [2.75, 3.05) is 44.2 Å². The summed E-state index contributed by atoms with van der Waals surface area (Å²) in [7, 11) is 0. The molecule has 2 aromatic rings. The highest BCUT2D eigenvalue weighted by molar-refractivity contribution is 5.69. The monoisotopic (exact) mass is 355 g/mol. The summed E-state index contributed by atoms with van der Waals surface area (Å²) in [5.41, 5.74) is 2.36. The molecule has 0 aliphatic carbocycles. The fourth-order valence-electron chi connectivity index (χ4n) is 3.67. The van der Waals surface area contributed by atoms with Crippen LogP contribution in [-0.2, 0) is 4.74 Å². The summed E-state index contributed by atoms with van der Waals surface area (Å²) in [4.78, 5) is 15.6. The predicted octanol–water partition coefficient (Wildman–Crippen LogP) is 2.96. The van der Waals surface area contributed by atoms with E-state index in [1.165, 1.54) is 5.69 Å². The summed E-state index contributed by atoms with van der Waals surface area (Å²) in [6.45, 7) is 4.85. The van der Waals surface area contributed by atoms with E-state index in [2.05, 4.69) is 34.5 Å². The van der Waals surface area contributed by atoms with Gasteiger partial charge in [0.1, 0.15) is 12.4 Å². The number of hydrogen-bond acceptors (Lipinski definition) is 5. The zero-order valence-corrected chi connectivity index (χ0v) is 14.9. The van der Waals surface area contributed by atoms with Crippen LogP contribution in [0, 0.1) is 0 Å². The quantitative estimate of drug-likeness (QED) is 0.863. The van der Waals surface area contributed by atoms with Crippen molar-refractivity contribution in [1.82, 2.24) is 10.2 Å². The molecule has 0 atom stereocenters. The number of carbonyl (C=O) groups excluding carboxylic acids is 1. The smallest absolute Gasteiger partial charge is 0.409 e. The number of carbonyl (C=O) groups is 1. The zero-order chi connectivity index (χ0) is 17.8. The highest BCUT2D eigenvalue weighted by Crippen LogP contribution is 2.27. The van der Waals surface area contributed by atoms with Crippen molar-refractivity contribution in [3.63, 3.8) is 0 Å². The van der Waals surface area contributed by atoms with Crippen LogP contribution in [0.1, 0.15) is 12.8 Å². The largest absolute Gasteiger partial charge is 0.464 e. The van der Waals surface area contributed by atoms with Crippen LogP contribution < -0.4 is 10.2 Å². The fraction of sp³-hybridized carbons (Fsp3) is 0.450. The number of anilines is 1. The second-order valence-corrected chi connectivity index (χ2v) is 6.84. The van der Waals surface area contributed by atoms with E-state index in [0.717, 1.165) is 50.3 Å². The van der Waals surface area contributed by atoms with E-state index in [9.17, 15) is 4.79 Å². The Morgan fingerprint density at radius 2 is 2.00 bits per heavy atom. The molecule has 1 aromatic carbocycles. The van der Waals surface area contributed by atoms with Gasteiger partial charge in [-0.05, 0) is 37.1 Å². The summed E-state index contributed by atoms with van der Waals surface area (Å²) in [6.07, 6.45) is 3.74. The van der Waals surface area contributed by atoms with E-state index in [4.69, 9.17) is 9.15 Å². The van der Waals surface area contributed by atoms with Gasteiger partial charge in [-0.1, -0.05) is 12.1 Å². The molecule has 1 aromatic heterocycles. The predicted molar refractivity (Wildman–Crippen MR) is 100 cm³/mol. The molecule has 0 spiro atoms. The van der Waals surface area contributed by atoms with Gasteiger partial charge in [0.05, 0.1) is 12.8 Å². The zero-order valence-electron chi connectivity index (χ0n) is 14.9. The summed E-state index contributed by atoms with van der Waals surface area (Å²) in [6, 6.07) is 13.0. The first kappa shape index (κ1) is 17.0. The molecule has 3 heterocycles. The van der Waals surface area contributed by atoms with E-state index >= 15 is 0 Å². The third-order valence-corrected chi connectivity index (χ3v) is 5.17. The number of rotatable bonds is 6. The van der Waals surface area contributed by atoms with Crippen LogP contribution in [-0.4, -0.2) is 56.4 Å². The Morgan fingerprint density at radius 1 is 1.12 bits per heavy atom. The summed E-state index contributed by atoms with van der Waals surface area (Å²) < 4.78 is 10.5. The number of piperidine rings is 1. The number of hydrogen-bond donors (Lipinski definition) is 1. The first-order chi connectivity index (χ1) is 12.8. The van der Waals surface area contributed by atoms with E-state index in [1.54, 1.807) is 11.2 Å². The van der Waals surface area contributed by atoms with Gasteiger partial charge in [0, 0.05) is 43.5 Å². The lowest BCUT2D eigenvalue weighted by atomic mass is 10.0. The number of furan rings is 1. The van der Waals surface area contributed by atoms with Crippen molar-refractivity contribution >= 4 is 11.8 Å². The van der Waals surface area contributed by atoms with Crippen LogP contribution >= 0.6 is 0 Å². The number of nitrogens with one attached hydrogen (secondary N) is 1. The van der Waals surface area contributed by atoms with Gasteiger partial charge in [-0.15, -0.1) is 0 Å². The third-order valence-electron chi connectivity index (χ3n) is 5.17. The average Bonchev–Trinajstić information content (AvgIpc) is 3.35. The molecule has 0 saturated carbocycles. The molecule has 0 unspecified atom stereocenters. The minimum absolute atomic E-state index is 0.182. The highest BCUT2D eigenvalue weighted by atomic mass is 16.6. The molecule has 0 radical (unpaired) electrons. The molecule has 0 bridgehead atoms. The number of nitrogens with zero attached hydrogens (tertiary/aromatic N) is 2. The Labute approximate surface area is 153 Å². The topological polar surface area (TPSA) is 58.0 Å². The van der Waals surface area contributed by atoms with Gasteiger partial charge in [-0.2, -0.15) is 0 Å². The standard InChI is InChI=1S/C20H25N3O3/c24-20-23(12-14-26-20)11-8-21-17-6-9-22(10-7-17)18-4-1-3-16(15-18)19-5-2-13-25-19/h1-5,13,15,17,21H,6-12,14H2. The summed E-state index contributed by atoms with van der Waals surface area (Å²) >= 11 is 0. The number of cyclic esters (lactones) is 1. The second kappa shape index (κ2) is 7.83. The lowest BCUT2D eigenvalue weighted by molar-refractivity contribution is 0.158. The van der Waals surface area contributed by atoms with Crippen molar-refractivity contribution in [3.05, 3.63) is 42.7 Å². The van der Waals surface area contributed by atoms with Gasteiger partial charge in [-0.3, -0.25) is 0 Å². The van der Waals surface area contributed by atoms with Gasteiger partial charge in [0.2, 0.25) is 0 Å². The number of ether oxygens (including phenoxy) is 1. The van der Waals surface area contributed by atoms with E-state index in [-0.39, 0.29) is 6.09 Å². The Bertz CT molecular complexity index is 724. The molecule has 1 amide bonds. The van der Waals surface area contributed by atoms with Gasteiger partial charge in [0.25, 0.3) is 0 Å². The molecule has 26 heavy (non-hydrogen) atoms. The van der Waals surface area contributed by atoms with Crippen molar-refractivity contribution in [2.24, 2.45) is 0 Å². The lowest BCUT2D eigenvalue weighted by Gasteiger charge is -2.34. The van der Waals surface area contributed by atoms with E-state index in [1.807, 2.05) is 12.1 Å². The van der Waals surface area contributed by atoms with Crippen LogP contribution in [0.25, 0.3) is 11.3 Å². The van der Waals surface area contributed by atoms with E-state index < -0.39 is 0 Å². The minimum atomic E-state index is -0.182. The molecular weight excluding hydrogens is 330 g/mol. The average molecular weight is 355 g/mol. The van der Waals surface area contributed by atoms with Gasteiger partial charge >= 0.3 is 6.09 Å². The lowest BCUT2D eigenvalue weighted by Crippen LogP contribution is -2.44. The van der Waals surface area contributed by atoms with Gasteiger partial charge in [-0.25, -0.2) is 4.79 Å². The van der Waals surface area contributed by atoms with Crippen LogP contribution in [0.15, 0.2) is 47.1 Å². The van der Waals surface area contributed by atoms with Crippen molar-refractivity contribution in [3.8, 4) is 11.3 Å². The molecule has 4 rings (SSSR count).